The first kappa shape index (κ1) is 14.2. The Kier molecular flexibility index (Phi) is 4.07. The molecule has 0 aliphatic carbocycles. The van der Waals surface area contributed by atoms with E-state index in [9.17, 15) is 4.39 Å². The Balaban J connectivity index is 2.46. The molecule has 100 valence electrons. The SMILES string of the molecule is Cc1cc(Br)cc(C(N)c2cc(C)c(F)c(C)c2)c1. The molecule has 0 amide bonds. The molecule has 0 aromatic heterocycles. The molecule has 2 aromatic carbocycles. The van der Waals surface area contributed by atoms with Crippen LogP contribution in [0.3, 0.4) is 0 Å². The van der Waals surface area contributed by atoms with Crippen LogP contribution in [0.4, 0.5) is 4.39 Å². The molecule has 0 radical (unpaired) electrons. The summed E-state index contributed by atoms with van der Waals surface area (Å²) in [6.45, 7) is 5.57. The summed E-state index contributed by atoms with van der Waals surface area (Å²) in [5, 5.41) is 0. The summed E-state index contributed by atoms with van der Waals surface area (Å²) in [4.78, 5) is 0. The molecular weight excluding hydrogens is 305 g/mol. The van der Waals surface area contributed by atoms with Crippen LogP contribution in [0.5, 0.6) is 0 Å². The van der Waals surface area contributed by atoms with Gasteiger partial charge in [-0.2, -0.15) is 0 Å². The van der Waals surface area contributed by atoms with E-state index in [1.165, 1.54) is 0 Å². The lowest BCUT2D eigenvalue weighted by Crippen LogP contribution is -2.13. The minimum Gasteiger partial charge on any atom is -0.320 e. The molecule has 0 aliphatic rings. The van der Waals surface area contributed by atoms with Crippen molar-refractivity contribution in [3.8, 4) is 0 Å². The van der Waals surface area contributed by atoms with Crippen molar-refractivity contribution in [2.45, 2.75) is 26.8 Å². The predicted molar refractivity (Wildman–Crippen MR) is 80.8 cm³/mol. The second-order valence-corrected chi connectivity index (χ2v) is 5.92. The Morgan fingerprint density at radius 3 is 2.00 bits per heavy atom. The quantitative estimate of drug-likeness (QED) is 0.862. The van der Waals surface area contributed by atoms with Crippen LogP contribution < -0.4 is 5.73 Å². The van der Waals surface area contributed by atoms with Gasteiger partial charge in [-0.1, -0.05) is 34.1 Å². The summed E-state index contributed by atoms with van der Waals surface area (Å²) in [6.07, 6.45) is 0. The molecule has 0 saturated heterocycles. The van der Waals surface area contributed by atoms with Gasteiger partial charge in [-0.25, -0.2) is 4.39 Å². The van der Waals surface area contributed by atoms with E-state index in [0.29, 0.717) is 11.1 Å². The van der Waals surface area contributed by atoms with Gasteiger partial charge in [-0.15, -0.1) is 0 Å². The van der Waals surface area contributed by atoms with Gasteiger partial charge in [0.15, 0.2) is 0 Å². The number of halogens is 2. The largest absolute Gasteiger partial charge is 0.320 e. The highest BCUT2D eigenvalue weighted by Crippen LogP contribution is 2.26. The van der Waals surface area contributed by atoms with Crippen molar-refractivity contribution >= 4 is 15.9 Å². The fraction of sp³-hybridized carbons (Fsp3) is 0.250. The molecule has 0 spiro atoms. The standard InChI is InChI=1S/C16H17BrFN/c1-9-4-12(8-14(17)5-9)16(19)13-6-10(2)15(18)11(3)7-13/h4-8,16H,19H2,1-3H3. The number of aryl methyl sites for hydroxylation is 3. The monoisotopic (exact) mass is 321 g/mol. The van der Waals surface area contributed by atoms with Gasteiger partial charge < -0.3 is 5.73 Å². The first-order valence-corrected chi connectivity index (χ1v) is 6.97. The molecule has 0 saturated carbocycles. The van der Waals surface area contributed by atoms with E-state index in [1.54, 1.807) is 13.8 Å². The topological polar surface area (TPSA) is 26.0 Å². The Hall–Kier alpha value is -1.19. The minimum atomic E-state index is -0.241. The number of nitrogens with two attached hydrogens (primary N) is 1. The van der Waals surface area contributed by atoms with Crippen LogP contribution in [0.25, 0.3) is 0 Å². The lowest BCUT2D eigenvalue weighted by Gasteiger charge is -2.16. The average Bonchev–Trinajstić information content (AvgIpc) is 2.33. The number of rotatable bonds is 2. The third-order valence-corrected chi connectivity index (χ3v) is 3.70. The fourth-order valence-corrected chi connectivity index (χ4v) is 2.92. The molecule has 1 atom stereocenters. The summed E-state index contributed by atoms with van der Waals surface area (Å²) < 4.78 is 14.7. The van der Waals surface area contributed by atoms with Crippen molar-refractivity contribution in [3.63, 3.8) is 0 Å². The average molecular weight is 322 g/mol. The van der Waals surface area contributed by atoms with Crippen LogP contribution in [-0.4, -0.2) is 0 Å². The summed E-state index contributed by atoms with van der Waals surface area (Å²) in [5.74, 6) is -0.152. The molecule has 0 aliphatic heterocycles. The molecule has 1 unspecified atom stereocenters. The molecule has 2 N–H and O–H groups in total. The normalized spacial score (nSPS) is 12.5. The molecule has 2 rings (SSSR count). The predicted octanol–water partition coefficient (Wildman–Crippen LogP) is 4.56. The Labute approximate surface area is 121 Å². The number of hydrogen-bond donors (Lipinski definition) is 1. The van der Waals surface area contributed by atoms with Gasteiger partial charge in [0.25, 0.3) is 0 Å². The van der Waals surface area contributed by atoms with Crippen molar-refractivity contribution in [2.24, 2.45) is 5.73 Å². The third-order valence-electron chi connectivity index (χ3n) is 3.24. The van der Waals surface area contributed by atoms with E-state index in [0.717, 1.165) is 21.2 Å². The lowest BCUT2D eigenvalue weighted by atomic mass is 9.95. The Bertz CT molecular complexity index is 579. The van der Waals surface area contributed by atoms with E-state index in [2.05, 4.69) is 22.0 Å². The number of benzene rings is 2. The molecular formula is C16H17BrFN. The first-order valence-electron chi connectivity index (χ1n) is 6.18. The highest BCUT2D eigenvalue weighted by molar-refractivity contribution is 9.10. The summed E-state index contributed by atoms with van der Waals surface area (Å²) >= 11 is 3.48. The van der Waals surface area contributed by atoms with Gasteiger partial charge in [-0.3, -0.25) is 0 Å². The van der Waals surface area contributed by atoms with E-state index in [-0.39, 0.29) is 11.9 Å². The van der Waals surface area contributed by atoms with Crippen LogP contribution in [0.1, 0.15) is 33.9 Å². The van der Waals surface area contributed by atoms with Crippen molar-refractivity contribution in [3.05, 3.63) is 68.4 Å². The second-order valence-electron chi connectivity index (χ2n) is 5.01. The second kappa shape index (κ2) is 5.43. The molecule has 0 heterocycles. The van der Waals surface area contributed by atoms with E-state index < -0.39 is 0 Å². The van der Waals surface area contributed by atoms with E-state index in [4.69, 9.17) is 5.73 Å². The smallest absolute Gasteiger partial charge is 0.129 e. The van der Waals surface area contributed by atoms with Crippen LogP contribution in [0.2, 0.25) is 0 Å². The van der Waals surface area contributed by atoms with Crippen molar-refractivity contribution in [1.29, 1.82) is 0 Å². The molecule has 0 fully saturated rings. The van der Waals surface area contributed by atoms with Crippen molar-refractivity contribution in [2.75, 3.05) is 0 Å². The number of hydrogen-bond acceptors (Lipinski definition) is 1. The maximum Gasteiger partial charge on any atom is 0.129 e. The zero-order valence-corrected chi connectivity index (χ0v) is 12.9. The maximum atomic E-state index is 13.7. The highest BCUT2D eigenvalue weighted by atomic mass is 79.9. The zero-order chi connectivity index (χ0) is 14.2. The van der Waals surface area contributed by atoms with Crippen LogP contribution >= 0.6 is 15.9 Å². The van der Waals surface area contributed by atoms with Crippen LogP contribution in [0, 0.1) is 26.6 Å². The van der Waals surface area contributed by atoms with Crippen LogP contribution in [-0.2, 0) is 0 Å². The highest BCUT2D eigenvalue weighted by Gasteiger charge is 2.13. The summed E-state index contributed by atoms with van der Waals surface area (Å²) in [5.41, 5.74) is 10.7. The minimum absolute atomic E-state index is 0.152. The molecule has 19 heavy (non-hydrogen) atoms. The van der Waals surface area contributed by atoms with Gasteiger partial charge >= 0.3 is 0 Å². The van der Waals surface area contributed by atoms with Crippen molar-refractivity contribution < 1.29 is 4.39 Å². The van der Waals surface area contributed by atoms with Gasteiger partial charge in [0, 0.05) is 4.47 Å². The Morgan fingerprint density at radius 2 is 1.47 bits per heavy atom. The van der Waals surface area contributed by atoms with Gasteiger partial charge in [0.05, 0.1) is 6.04 Å². The van der Waals surface area contributed by atoms with Gasteiger partial charge in [0.2, 0.25) is 0 Å². The molecule has 2 aromatic rings. The first-order chi connectivity index (χ1) is 8.88. The molecule has 1 nitrogen and oxygen atoms in total. The van der Waals surface area contributed by atoms with Crippen LogP contribution in [0.15, 0.2) is 34.8 Å². The van der Waals surface area contributed by atoms with E-state index >= 15 is 0 Å². The molecule has 0 bridgehead atoms. The maximum absolute atomic E-state index is 13.7. The lowest BCUT2D eigenvalue weighted by molar-refractivity contribution is 0.607. The van der Waals surface area contributed by atoms with E-state index in [1.807, 2.05) is 31.2 Å². The summed E-state index contributed by atoms with van der Waals surface area (Å²) in [6, 6.07) is 9.51. The molecule has 3 heteroatoms. The fourth-order valence-electron chi connectivity index (χ4n) is 2.30. The Morgan fingerprint density at radius 1 is 0.947 bits per heavy atom. The third kappa shape index (κ3) is 3.04. The van der Waals surface area contributed by atoms with Gasteiger partial charge in [-0.05, 0) is 60.7 Å². The van der Waals surface area contributed by atoms with Gasteiger partial charge in [0.1, 0.15) is 5.82 Å². The van der Waals surface area contributed by atoms with Crippen molar-refractivity contribution in [1.82, 2.24) is 0 Å². The summed E-state index contributed by atoms with van der Waals surface area (Å²) in [7, 11) is 0. The zero-order valence-electron chi connectivity index (χ0n) is 11.3.